The van der Waals surface area contributed by atoms with Gasteiger partial charge in [-0.1, -0.05) is 0 Å². The molecule has 2 rings (SSSR count). The second-order valence-corrected chi connectivity index (χ2v) is 3.92. The average Bonchev–Trinajstić information content (AvgIpc) is 2.47. The summed E-state index contributed by atoms with van der Waals surface area (Å²) in [5, 5.41) is 23.0. The molecule has 0 aliphatic heterocycles. The number of hydrogen-bond donors (Lipinski definition) is 2. The SMILES string of the molecule is CNc1cc(C(=O)Nc2cccnn2)c([N+](=O)[O-])cc1F. The normalized spacial score (nSPS) is 10.0. The van der Waals surface area contributed by atoms with Crippen molar-refractivity contribution in [3.63, 3.8) is 0 Å². The van der Waals surface area contributed by atoms with Gasteiger partial charge in [-0.2, -0.15) is 5.10 Å². The van der Waals surface area contributed by atoms with Gasteiger partial charge in [0.1, 0.15) is 5.56 Å². The third-order valence-corrected chi connectivity index (χ3v) is 2.61. The highest BCUT2D eigenvalue weighted by Gasteiger charge is 2.23. The molecule has 0 aliphatic rings. The zero-order chi connectivity index (χ0) is 15.4. The molecule has 0 unspecified atom stereocenters. The van der Waals surface area contributed by atoms with Gasteiger partial charge in [-0.05, 0) is 18.2 Å². The molecule has 0 saturated heterocycles. The molecule has 1 aromatic carbocycles. The van der Waals surface area contributed by atoms with E-state index in [4.69, 9.17) is 0 Å². The Bertz CT molecular complexity index is 693. The number of anilines is 2. The number of nitro benzene ring substituents is 1. The molecular formula is C12H10FN5O3. The maximum Gasteiger partial charge on any atom is 0.285 e. The first-order valence-electron chi connectivity index (χ1n) is 5.77. The summed E-state index contributed by atoms with van der Waals surface area (Å²) in [7, 11) is 1.44. The number of halogens is 1. The summed E-state index contributed by atoms with van der Waals surface area (Å²) in [5.41, 5.74) is -0.936. The van der Waals surface area contributed by atoms with Crippen molar-refractivity contribution in [2.75, 3.05) is 17.7 Å². The van der Waals surface area contributed by atoms with E-state index in [1.807, 2.05) is 0 Å². The van der Waals surface area contributed by atoms with Gasteiger partial charge < -0.3 is 10.6 Å². The number of carbonyl (C=O) groups excluding carboxylic acids is 1. The van der Waals surface area contributed by atoms with Crippen LogP contribution in [0.25, 0.3) is 0 Å². The molecule has 2 aromatic rings. The van der Waals surface area contributed by atoms with E-state index in [0.29, 0.717) is 6.07 Å². The fraction of sp³-hybridized carbons (Fsp3) is 0.0833. The van der Waals surface area contributed by atoms with E-state index in [0.717, 1.165) is 6.07 Å². The van der Waals surface area contributed by atoms with Crippen LogP contribution in [-0.2, 0) is 0 Å². The van der Waals surface area contributed by atoms with Crippen molar-refractivity contribution >= 4 is 23.1 Å². The second-order valence-electron chi connectivity index (χ2n) is 3.92. The van der Waals surface area contributed by atoms with Crippen LogP contribution in [-0.4, -0.2) is 28.1 Å². The molecule has 1 aromatic heterocycles. The van der Waals surface area contributed by atoms with Crippen LogP contribution in [0.15, 0.2) is 30.5 Å². The molecule has 0 spiro atoms. The third kappa shape index (κ3) is 3.08. The number of nitrogens with one attached hydrogen (secondary N) is 2. The Hall–Kier alpha value is -3.10. The van der Waals surface area contributed by atoms with Crippen molar-refractivity contribution in [1.29, 1.82) is 0 Å². The number of nitro groups is 1. The topological polar surface area (TPSA) is 110 Å². The van der Waals surface area contributed by atoms with Crippen LogP contribution in [0.4, 0.5) is 21.6 Å². The Balaban J connectivity index is 2.41. The van der Waals surface area contributed by atoms with Gasteiger partial charge in [-0.3, -0.25) is 14.9 Å². The number of benzene rings is 1. The van der Waals surface area contributed by atoms with Crippen LogP contribution in [0.1, 0.15) is 10.4 Å². The van der Waals surface area contributed by atoms with Crippen LogP contribution >= 0.6 is 0 Å². The number of carbonyl (C=O) groups is 1. The lowest BCUT2D eigenvalue weighted by Gasteiger charge is -2.08. The molecule has 0 atom stereocenters. The monoisotopic (exact) mass is 291 g/mol. The van der Waals surface area contributed by atoms with E-state index in [1.165, 1.54) is 19.3 Å². The second kappa shape index (κ2) is 5.90. The highest BCUT2D eigenvalue weighted by molar-refractivity contribution is 6.07. The minimum atomic E-state index is -0.825. The van der Waals surface area contributed by atoms with Crippen LogP contribution in [0.2, 0.25) is 0 Å². The zero-order valence-corrected chi connectivity index (χ0v) is 10.8. The van der Waals surface area contributed by atoms with Gasteiger partial charge >= 0.3 is 0 Å². The van der Waals surface area contributed by atoms with Crippen molar-refractivity contribution in [3.8, 4) is 0 Å². The summed E-state index contributed by atoms with van der Waals surface area (Å²) in [6, 6.07) is 4.77. The van der Waals surface area contributed by atoms with Crippen molar-refractivity contribution in [1.82, 2.24) is 10.2 Å². The van der Waals surface area contributed by atoms with Crippen molar-refractivity contribution in [3.05, 3.63) is 52.0 Å². The molecule has 0 radical (unpaired) electrons. The summed E-state index contributed by atoms with van der Waals surface area (Å²) in [6.07, 6.45) is 1.41. The Morgan fingerprint density at radius 1 is 1.43 bits per heavy atom. The first-order valence-corrected chi connectivity index (χ1v) is 5.77. The van der Waals surface area contributed by atoms with Crippen LogP contribution in [0.3, 0.4) is 0 Å². The molecule has 0 fully saturated rings. The lowest BCUT2D eigenvalue weighted by molar-refractivity contribution is -0.385. The molecule has 0 bridgehead atoms. The van der Waals surface area contributed by atoms with Gasteiger partial charge in [0.25, 0.3) is 11.6 Å². The highest BCUT2D eigenvalue weighted by Crippen LogP contribution is 2.26. The summed E-state index contributed by atoms with van der Waals surface area (Å²) in [5.74, 6) is -1.47. The number of hydrogen-bond acceptors (Lipinski definition) is 6. The molecule has 1 amide bonds. The Morgan fingerprint density at radius 3 is 2.76 bits per heavy atom. The number of nitrogens with zero attached hydrogens (tertiary/aromatic N) is 3. The average molecular weight is 291 g/mol. The minimum Gasteiger partial charge on any atom is -0.386 e. The van der Waals surface area contributed by atoms with E-state index in [9.17, 15) is 19.3 Å². The van der Waals surface area contributed by atoms with Crippen molar-refractivity contribution < 1.29 is 14.1 Å². The predicted molar refractivity (Wildman–Crippen MR) is 72.6 cm³/mol. The minimum absolute atomic E-state index is 0.0232. The maximum atomic E-state index is 13.6. The number of rotatable bonds is 4. The lowest BCUT2D eigenvalue weighted by Crippen LogP contribution is -2.16. The molecule has 8 nitrogen and oxygen atoms in total. The fourth-order valence-electron chi connectivity index (χ4n) is 1.64. The van der Waals surface area contributed by atoms with E-state index in [2.05, 4.69) is 20.8 Å². The molecule has 0 aliphatic carbocycles. The van der Waals surface area contributed by atoms with Gasteiger partial charge in [-0.25, -0.2) is 4.39 Å². The van der Waals surface area contributed by atoms with Crippen LogP contribution in [0, 0.1) is 15.9 Å². The van der Waals surface area contributed by atoms with Crippen molar-refractivity contribution in [2.24, 2.45) is 0 Å². The predicted octanol–water partition coefficient (Wildman–Crippen LogP) is 1.82. The third-order valence-electron chi connectivity index (χ3n) is 2.61. The smallest absolute Gasteiger partial charge is 0.285 e. The molecular weight excluding hydrogens is 281 g/mol. The molecule has 108 valence electrons. The van der Waals surface area contributed by atoms with E-state index < -0.39 is 22.3 Å². The quantitative estimate of drug-likeness (QED) is 0.656. The highest BCUT2D eigenvalue weighted by atomic mass is 19.1. The standard InChI is InChI=1S/C12H10FN5O3/c1-14-9-5-7(10(18(20)21)6-8(9)13)12(19)16-11-3-2-4-15-17-11/h2-6,14H,1H3,(H,16,17,19). The fourth-order valence-corrected chi connectivity index (χ4v) is 1.64. The van der Waals surface area contributed by atoms with Crippen LogP contribution in [0.5, 0.6) is 0 Å². The molecule has 0 saturated carbocycles. The Morgan fingerprint density at radius 2 is 2.19 bits per heavy atom. The summed E-state index contributed by atoms with van der Waals surface area (Å²) >= 11 is 0. The Labute approximate surface area is 118 Å². The van der Waals surface area contributed by atoms with E-state index >= 15 is 0 Å². The van der Waals surface area contributed by atoms with Gasteiger partial charge in [0, 0.05) is 13.2 Å². The molecule has 9 heteroatoms. The van der Waals surface area contributed by atoms with Gasteiger partial charge in [0.15, 0.2) is 11.6 Å². The summed E-state index contributed by atoms with van der Waals surface area (Å²) in [6.45, 7) is 0. The first kappa shape index (κ1) is 14.3. The van der Waals surface area contributed by atoms with Gasteiger partial charge in [-0.15, -0.1) is 5.10 Å². The largest absolute Gasteiger partial charge is 0.386 e. The van der Waals surface area contributed by atoms with Crippen molar-refractivity contribution in [2.45, 2.75) is 0 Å². The number of amides is 1. The zero-order valence-electron chi connectivity index (χ0n) is 10.8. The first-order chi connectivity index (χ1) is 10.0. The van der Waals surface area contributed by atoms with E-state index in [1.54, 1.807) is 6.07 Å². The summed E-state index contributed by atoms with van der Waals surface area (Å²) in [4.78, 5) is 22.2. The van der Waals surface area contributed by atoms with E-state index in [-0.39, 0.29) is 17.1 Å². The van der Waals surface area contributed by atoms with Gasteiger partial charge in [0.05, 0.1) is 16.7 Å². The molecule has 1 heterocycles. The molecule has 21 heavy (non-hydrogen) atoms. The number of aromatic nitrogens is 2. The Kier molecular flexibility index (Phi) is 4.02. The summed E-state index contributed by atoms with van der Waals surface area (Å²) < 4.78 is 13.6. The van der Waals surface area contributed by atoms with Gasteiger partial charge in [0.2, 0.25) is 0 Å². The van der Waals surface area contributed by atoms with Crippen LogP contribution < -0.4 is 10.6 Å². The maximum absolute atomic E-state index is 13.6. The molecule has 2 N–H and O–H groups in total. The lowest BCUT2D eigenvalue weighted by atomic mass is 10.1.